The minimum absolute atomic E-state index is 0.239. The summed E-state index contributed by atoms with van der Waals surface area (Å²) in [5.41, 5.74) is 0.341. The molecule has 0 atom stereocenters. The molecule has 7 heteroatoms. The van der Waals surface area contributed by atoms with E-state index < -0.39 is 5.60 Å². The van der Waals surface area contributed by atoms with Crippen LogP contribution in [-0.2, 0) is 6.54 Å². The second-order valence-electron chi connectivity index (χ2n) is 6.03. The molecular weight excluding hydrogens is 284 g/mol. The first-order valence-corrected chi connectivity index (χ1v) is 7.25. The Morgan fingerprint density at radius 1 is 1.50 bits per heavy atom. The van der Waals surface area contributed by atoms with E-state index in [9.17, 15) is 9.90 Å². The first-order valence-electron chi connectivity index (χ1n) is 7.25. The number of carbonyl (C=O) groups excluding carboxylic acids is 1. The minimum atomic E-state index is -0.954. The SMILES string of the molecule is CCN(CC(C)(C)O)C(=O)c1cc(Cn2cc(C)cn2)on1. The molecule has 0 radical (unpaired) electrons. The van der Waals surface area contributed by atoms with Crippen molar-refractivity contribution in [3.05, 3.63) is 35.5 Å². The lowest BCUT2D eigenvalue weighted by Crippen LogP contribution is -2.42. The zero-order valence-electron chi connectivity index (χ0n) is 13.4. The van der Waals surface area contributed by atoms with E-state index in [0.717, 1.165) is 5.56 Å². The molecular formula is C15H22N4O3. The Morgan fingerprint density at radius 2 is 2.23 bits per heavy atom. The number of likely N-dealkylation sites (N-methyl/N-ethyl adjacent to an activating group) is 1. The van der Waals surface area contributed by atoms with Gasteiger partial charge in [0.2, 0.25) is 0 Å². The highest BCUT2D eigenvalue weighted by molar-refractivity contribution is 5.92. The number of aliphatic hydroxyl groups is 1. The van der Waals surface area contributed by atoms with Gasteiger partial charge in [-0.3, -0.25) is 9.48 Å². The third kappa shape index (κ3) is 4.17. The van der Waals surface area contributed by atoms with Crippen LogP contribution in [0.3, 0.4) is 0 Å². The van der Waals surface area contributed by atoms with Gasteiger partial charge in [-0.15, -0.1) is 0 Å². The smallest absolute Gasteiger partial charge is 0.276 e. The third-order valence-electron chi connectivity index (χ3n) is 3.10. The van der Waals surface area contributed by atoms with Gasteiger partial charge in [0.1, 0.15) is 6.54 Å². The van der Waals surface area contributed by atoms with E-state index in [0.29, 0.717) is 18.8 Å². The topological polar surface area (TPSA) is 84.4 Å². The Kier molecular flexibility index (Phi) is 4.65. The van der Waals surface area contributed by atoms with Gasteiger partial charge in [-0.2, -0.15) is 5.10 Å². The van der Waals surface area contributed by atoms with Gasteiger partial charge in [-0.05, 0) is 33.3 Å². The van der Waals surface area contributed by atoms with E-state index in [1.807, 2.05) is 20.0 Å². The number of hydrogen-bond acceptors (Lipinski definition) is 5. The molecule has 0 bridgehead atoms. The Labute approximate surface area is 129 Å². The Balaban J connectivity index is 2.07. The summed E-state index contributed by atoms with van der Waals surface area (Å²) in [7, 11) is 0. The maximum absolute atomic E-state index is 12.4. The highest BCUT2D eigenvalue weighted by Gasteiger charge is 2.24. The molecule has 2 heterocycles. The molecule has 0 aromatic carbocycles. The molecule has 0 unspecified atom stereocenters. The van der Waals surface area contributed by atoms with Crippen molar-refractivity contribution in [2.24, 2.45) is 0 Å². The van der Waals surface area contributed by atoms with Crippen LogP contribution < -0.4 is 0 Å². The van der Waals surface area contributed by atoms with Gasteiger partial charge < -0.3 is 14.5 Å². The normalized spacial score (nSPS) is 11.7. The highest BCUT2D eigenvalue weighted by Crippen LogP contribution is 2.12. The van der Waals surface area contributed by atoms with Gasteiger partial charge in [-0.1, -0.05) is 5.16 Å². The molecule has 2 aromatic rings. The zero-order chi connectivity index (χ0) is 16.3. The van der Waals surface area contributed by atoms with Crippen LogP contribution in [0, 0.1) is 6.92 Å². The number of amides is 1. The monoisotopic (exact) mass is 306 g/mol. The highest BCUT2D eigenvalue weighted by atomic mass is 16.5. The van der Waals surface area contributed by atoms with Gasteiger partial charge in [0, 0.05) is 25.4 Å². The number of rotatable bonds is 6. The summed E-state index contributed by atoms with van der Waals surface area (Å²) in [6, 6.07) is 1.62. The summed E-state index contributed by atoms with van der Waals surface area (Å²) >= 11 is 0. The van der Waals surface area contributed by atoms with Crippen LogP contribution in [0.4, 0.5) is 0 Å². The molecule has 1 amide bonds. The fraction of sp³-hybridized carbons (Fsp3) is 0.533. The quantitative estimate of drug-likeness (QED) is 0.873. The van der Waals surface area contributed by atoms with E-state index in [4.69, 9.17) is 4.52 Å². The van der Waals surface area contributed by atoms with Crippen molar-refractivity contribution in [3.8, 4) is 0 Å². The van der Waals surface area contributed by atoms with E-state index >= 15 is 0 Å². The second kappa shape index (κ2) is 6.31. The van der Waals surface area contributed by atoms with Gasteiger partial charge in [0.05, 0.1) is 11.8 Å². The average molecular weight is 306 g/mol. The molecule has 2 aromatic heterocycles. The zero-order valence-corrected chi connectivity index (χ0v) is 13.4. The van der Waals surface area contributed by atoms with E-state index in [-0.39, 0.29) is 18.1 Å². The summed E-state index contributed by atoms with van der Waals surface area (Å²) in [5.74, 6) is 0.307. The summed E-state index contributed by atoms with van der Waals surface area (Å²) < 4.78 is 6.92. The molecule has 1 N–H and O–H groups in total. The summed E-state index contributed by atoms with van der Waals surface area (Å²) in [6.07, 6.45) is 3.64. The van der Waals surface area contributed by atoms with Crippen LogP contribution in [0.1, 0.15) is 42.6 Å². The molecule has 0 fully saturated rings. The lowest BCUT2D eigenvalue weighted by atomic mass is 10.1. The fourth-order valence-electron chi connectivity index (χ4n) is 2.16. The molecule has 7 nitrogen and oxygen atoms in total. The Bertz CT molecular complexity index is 639. The predicted molar refractivity (Wildman–Crippen MR) is 80.4 cm³/mol. The number of aromatic nitrogens is 3. The maximum atomic E-state index is 12.4. The number of nitrogens with zero attached hydrogens (tertiary/aromatic N) is 4. The van der Waals surface area contributed by atoms with Crippen LogP contribution in [0.15, 0.2) is 23.0 Å². The van der Waals surface area contributed by atoms with E-state index in [1.165, 1.54) is 0 Å². The maximum Gasteiger partial charge on any atom is 0.276 e. The number of aryl methyl sites for hydroxylation is 1. The van der Waals surface area contributed by atoms with Crippen molar-refractivity contribution < 1.29 is 14.4 Å². The van der Waals surface area contributed by atoms with Crippen molar-refractivity contribution in [1.82, 2.24) is 19.8 Å². The van der Waals surface area contributed by atoms with E-state index in [2.05, 4.69) is 10.3 Å². The van der Waals surface area contributed by atoms with Crippen LogP contribution in [0.5, 0.6) is 0 Å². The minimum Gasteiger partial charge on any atom is -0.389 e. The van der Waals surface area contributed by atoms with Crippen molar-refractivity contribution in [3.63, 3.8) is 0 Å². The molecule has 0 saturated heterocycles. The van der Waals surface area contributed by atoms with Crippen LogP contribution in [-0.4, -0.2) is 49.5 Å². The molecule has 0 spiro atoms. The van der Waals surface area contributed by atoms with Gasteiger partial charge in [0.25, 0.3) is 5.91 Å². The first kappa shape index (κ1) is 16.2. The van der Waals surface area contributed by atoms with Crippen LogP contribution in [0.2, 0.25) is 0 Å². The van der Waals surface area contributed by atoms with Crippen molar-refractivity contribution >= 4 is 5.91 Å². The summed E-state index contributed by atoms with van der Waals surface area (Å²) in [6.45, 7) is 8.29. The largest absolute Gasteiger partial charge is 0.389 e. The number of hydrogen-bond donors (Lipinski definition) is 1. The lowest BCUT2D eigenvalue weighted by Gasteiger charge is -2.27. The fourth-order valence-corrected chi connectivity index (χ4v) is 2.16. The molecule has 0 aliphatic heterocycles. The van der Waals surface area contributed by atoms with Gasteiger partial charge >= 0.3 is 0 Å². The molecule has 2 rings (SSSR count). The third-order valence-corrected chi connectivity index (χ3v) is 3.10. The summed E-state index contributed by atoms with van der Waals surface area (Å²) in [5, 5.41) is 17.9. The van der Waals surface area contributed by atoms with Crippen molar-refractivity contribution in [2.45, 2.75) is 39.8 Å². The molecule has 0 aliphatic carbocycles. The Hall–Kier alpha value is -2.15. The molecule has 22 heavy (non-hydrogen) atoms. The number of carbonyl (C=O) groups is 1. The second-order valence-corrected chi connectivity index (χ2v) is 6.03. The lowest BCUT2D eigenvalue weighted by molar-refractivity contribution is 0.0309. The van der Waals surface area contributed by atoms with Crippen molar-refractivity contribution in [2.75, 3.05) is 13.1 Å². The van der Waals surface area contributed by atoms with Gasteiger partial charge in [-0.25, -0.2) is 0 Å². The predicted octanol–water partition coefficient (Wildman–Crippen LogP) is 1.46. The standard InChI is InChI=1S/C15H22N4O3/c1-5-18(10-15(3,4)21)14(20)13-6-12(22-17-13)9-19-8-11(2)7-16-19/h6-8,21H,5,9-10H2,1-4H3. The van der Waals surface area contributed by atoms with Crippen LogP contribution >= 0.6 is 0 Å². The molecule has 0 aliphatic rings. The molecule has 120 valence electrons. The Morgan fingerprint density at radius 3 is 2.77 bits per heavy atom. The van der Waals surface area contributed by atoms with E-state index in [1.54, 1.807) is 35.7 Å². The van der Waals surface area contributed by atoms with Gasteiger partial charge in [0.15, 0.2) is 11.5 Å². The summed E-state index contributed by atoms with van der Waals surface area (Å²) in [4.78, 5) is 13.9. The average Bonchev–Trinajstić information content (AvgIpc) is 3.04. The van der Waals surface area contributed by atoms with Crippen LogP contribution in [0.25, 0.3) is 0 Å². The molecule has 0 saturated carbocycles. The van der Waals surface area contributed by atoms with Crippen molar-refractivity contribution in [1.29, 1.82) is 0 Å². The first-order chi connectivity index (χ1) is 10.3.